The molecule has 1 aromatic carbocycles. The molecule has 1 aromatic heterocycles. The number of benzene rings is 1. The van der Waals surface area contributed by atoms with Gasteiger partial charge in [0.15, 0.2) is 0 Å². The van der Waals surface area contributed by atoms with Gasteiger partial charge in [0, 0.05) is 18.5 Å². The van der Waals surface area contributed by atoms with Crippen molar-refractivity contribution >= 4 is 39.6 Å². The van der Waals surface area contributed by atoms with Crippen LogP contribution in [0.25, 0.3) is 10.9 Å². The van der Waals surface area contributed by atoms with Crippen molar-refractivity contribution in [2.24, 2.45) is 7.05 Å². The molecule has 0 spiro atoms. The number of non-ortho nitro benzene ring substituents is 2. The highest BCUT2D eigenvalue weighted by Crippen LogP contribution is 2.34. The number of rotatable bonds is 2. The first-order valence-corrected chi connectivity index (χ1v) is 5.54. The molecule has 9 nitrogen and oxygen atoms in total. The van der Waals surface area contributed by atoms with Gasteiger partial charge in [-0.25, -0.2) is 0 Å². The Labute approximate surface area is 115 Å². The fraction of sp³-hybridized carbons (Fsp3) is 0.100. The van der Waals surface area contributed by atoms with Gasteiger partial charge in [-0.1, -0.05) is 11.6 Å². The van der Waals surface area contributed by atoms with Gasteiger partial charge in [0.05, 0.1) is 21.6 Å². The van der Waals surface area contributed by atoms with Crippen molar-refractivity contribution in [3.8, 4) is 0 Å². The zero-order chi connectivity index (χ0) is 15.2. The summed E-state index contributed by atoms with van der Waals surface area (Å²) < 4.78 is 0.940. The van der Waals surface area contributed by atoms with Crippen molar-refractivity contribution in [3.63, 3.8) is 0 Å². The summed E-state index contributed by atoms with van der Waals surface area (Å²) in [4.78, 5) is 32.0. The normalized spacial score (nSPS) is 10.7. The summed E-state index contributed by atoms with van der Waals surface area (Å²) in [7, 11) is 1.27. The lowest BCUT2D eigenvalue weighted by Crippen LogP contribution is -2.20. The number of nitrogens with zero attached hydrogens (tertiary/aromatic N) is 3. The van der Waals surface area contributed by atoms with Gasteiger partial charge >= 0.3 is 5.69 Å². The zero-order valence-electron chi connectivity index (χ0n) is 9.99. The molecule has 0 saturated heterocycles. The minimum absolute atomic E-state index is 0.0157. The predicted octanol–water partition coefficient (Wildman–Crippen LogP) is 1.59. The van der Waals surface area contributed by atoms with Gasteiger partial charge in [-0.2, -0.15) is 0 Å². The second-order valence-corrected chi connectivity index (χ2v) is 4.35. The number of nitro groups is 2. The maximum atomic E-state index is 11.8. The molecule has 0 fully saturated rings. The molecule has 0 amide bonds. The SMILES string of the molecule is Cn1c(=O)c(Cl)c(N)c2cc([N+](=O)[O-])cc([N+](=O)[O-])c21. The average Bonchev–Trinajstić information content (AvgIpc) is 2.41. The largest absolute Gasteiger partial charge is 0.397 e. The van der Waals surface area contributed by atoms with Gasteiger partial charge in [0.2, 0.25) is 0 Å². The molecule has 0 aliphatic carbocycles. The summed E-state index contributed by atoms with van der Waals surface area (Å²) in [5, 5.41) is 21.5. The number of hydrogen-bond acceptors (Lipinski definition) is 6. The molecule has 0 atom stereocenters. The van der Waals surface area contributed by atoms with Crippen molar-refractivity contribution < 1.29 is 9.85 Å². The summed E-state index contributed by atoms with van der Waals surface area (Å²) in [6.45, 7) is 0. The molecule has 104 valence electrons. The van der Waals surface area contributed by atoms with E-state index in [9.17, 15) is 25.0 Å². The Kier molecular flexibility index (Phi) is 3.06. The molecule has 0 aliphatic heterocycles. The van der Waals surface area contributed by atoms with Crippen LogP contribution in [0.3, 0.4) is 0 Å². The van der Waals surface area contributed by atoms with Crippen molar-refractivity contribution in [3.05, 3.63) is 47.7 Å². The summed E-state index contributed by atoms with van der Waals surface area (Å²) in [6, 6.07) is 1.82. The predicted molar refractivity (Wildman–Crippen MR) is 71.9 cm³/mol. The second-order valence-electron chi connectivity index (χ2n) is 3.97. The Bertz CT molecular complexity index is 829. The van der Waals surface area contributed by atoms with Gasteiger partial charge in [-0.05, 0) is 0 Å². The van der Waals surface area contributed by atoms with Gasteiger partial charge in [0.25, 0.3) is 11.2 Å². The number of aromatic nitrogens is 1. The third kappa shape index (κ3) is 1.84. The van der Waals surface area contributed by atoms with Crippen molar-refractivity contribution in [1.29, 1.82) is 0 Å². The standard InChI is InChI=1S/C10H7ClN4O5/c1-13-9-5(8(12)7(11)10(13)16)2-4(14(17)18)3-6(9)15(19)20/h2-3H,12H2,1H3. The van der Waals surface area contributed by atoms with Crippen LogP contribution < -0.4 is 11.3 Å². The number of nitrogens with two attached hydrogens (primary N) is 1. The van der Waals surface area contributed by atoms with Crippen LogP contribution in [0.4, 0.5) is 17.1 Å². The average molecular weight is 299 g/mol. The van der Waals surface area contributed by atoms with Gasteiger partial charge in [-0.15, -0.1) is 0 Å². The van der Waals surface area contributed by atoms with Crippen molar-refractivity contribution in [2.45, 2.75) is 0 Å². The van der Waals surface area contributed by atoms with Crippen LogP contribution in [-0.4, -0.2) is 14.4 Å². The third-order valence-corrected chi connectivity index (χ3v) is 3.20. The monoisotopic (exact) mass is 298 g/mol. The smallest absolute Gasteiger partial charge is 0.300 e. The Hall–Kier alpha value is -2.68. The lowest BCUT2D eigenvalue weighted by molar-refractivity contribution is -0.393. The maximum Gasteiger partial charge on any atom is 0.300 e. The lowest BCUT2D eigenvalue weighted by atomic mass is 10.1. The van der Waals surface area contributed by atoms with E-state index in [4.69, 9.17) is 17.3 Å². The van der Waals surface area contributed by atoms with Crippen LogP contribution in [0.5, 0.6) is 0 Å². The van der Waals surface area contributed by atoms with Crippen molar-refractivity contribution in [1.82, 2.24) is 4.57 Å². The lowest BCUT2D eigenvalue weighted by Gasteiger charge is -2.09. The molecule has 0 radical (unpaired) electrons. The van der Waals surface area contributed by atoms with E-state index < -0.39 is 26.8 Å². The zero-order valence-corrected chi connectivity index (χ0v) is 10.7. The van der Waals surface area contributed by atoms with Crippen molar-refractivity contribution in [2.75, 3.05) is 5.73 Å². The van der Waals surface area contributed by atoms with E-state index >= 15 is 0 Å². The summed E-state index contributed by atoms with van der Waals surface area (Å²) in [6.07, 6.45) is 0. The van der Waals surface area contributed by atoms with Crippen LogP contribution >= 0.6 is 11.6 Å². The Balaban J connectivity index is 3.14. The fourth-order valence-electron chi connectivity index (χ4n) is 1.89. The molecule has 2 N–H and O–H groups in total. The third-order valence-electron chi connectivity index (χ3n) is 2.84. The molecule has 2 aromatic rings. The number of halogens is 1. The van der Waals surface area contributed by atoms with Gasteiger partial charge in [-0.3, -0.25) is 25.0 Å². The van der Waals surface area contributed by atoms with Crippen LogP contribution in [0.2, 0.25) is 5.02 Å². The highest BCUT2D eigenvalue weighted by molar-refractivity contribution is 6.34. The molecule has 0 bridgehead atoms. The molecule has 10 heteroatoms. The van der Waals surface area contributed by atoms with Gasteiger partial charge < -0.3 is 10.3 Å². The Morgan fingerprint density at radius 3 is 2.35 bits per heavy atom. The Morgan fingerprint density at radius 1 is 1.25 bits per heavy atom. The molecular formula is C10H7ClN4O5. The summed E-state index contributed by atoms with van der Waals surface area (Å²) in [5.41, 5.74) is 3.48. The maximum absolute atomic E-state index is 11.8. The summed E-state index contributed by atoms with van der Waals surface area (Å²) in [5.74, 6) is 0. The highest BCUT2D eigenvalue weighted by Gasteiger charge is 2.24. The van der Waals surface area contributed by atoms with Crippen LogP contribution in [0.1, 0.15) is 0 Å². The van der Waals surface area contributed by atoms with E-state index in [1.54, 1.807) is 0 Å². The number of pyridine rings is 1. The molecule has 0 aliphatic rings. The number of fused-ring (bicyclic) bond motifs is 1. The molecule has 20 heavy (non-hydrogen) atoms. The van der Waals surface area contributed by atoms with E-state index in [-0.39, 0.29) is 21.6 Å². The molecule has 0 saturated carbocycles. The van der Waals surface area contributed by atoms with E-state index in [1.165, 1.54) is 7.05 Å². The van der Waals surface area contributed by atoms with E-state index in [0.29, 0.717) is 0 Å². The van der Waals surface area contributed by atoms with Gasteiger partial charge in [0.1, 0.15) is 10.5 Å². The first-order valence-electron chi connectivity index (χ1n) is 5.16. The number of aryl methyl sites for hydroxylation is 1. The number of nitrogen functional groups attached to an aromatic ring is 1. The van der Waals surface area contributed by atoms with E-state index in [1.807, 2.05) is 0 Å². The number of anilines is 1. The fourth-order valence-corrected chi connectivity index (χ4v) is 2.12. The van der Waals surface area contributed by atoms with Crippen LogP contribution in [-0.2, 0) is 7.05 Å². The molecule has 2 rings (SSSR count). The quantitative estimate of drug-likeness (QED) is 0.660. The topological polar surface area (TPSA) is 134 Å². The Morgan fingerprint density at radius 2 is 1.85 bits per heavy atom. The number of hydrogen-bond donors (Lipinski definition) is 1. The first-order chi connectivity index (χ1) is 9.25. The second kappa shape index (κ2) is 4.46. The molecular weight excluding hydrogens is 292 g/mol. The van der Waals surface area contributed by atoms with E-state index in [0.717, 1.165) is 16.7 Å². The molecule has 0 unspecified atom stereocenters. The van der Waals surface area contributed by atoms with Crippen LogP contribution in [0, 0.1) is 20.2 Å². The summed E-state index contributed by atoms with van der Waals surface area (Å²) >= 11 is 5.73. The first kappa shape index (κ1) is 13.7. The number of nitro benzene ring substituents is 2. The molecule has 1 heterocycles. The minimum Gasteiger partial charge on any atom is -0.397 e. The van der Waals surface area contributed by atoms with Crippen LogP contribution in [0.15, 0.2) is 16.9 Å². The minimum atomic E-state index is -0.817. The van der Waals surface area contributed by atoms with E-state index in [2.05, 4.69) is 0 Å². The highest BCUT2D eigenvalue weighted by atomic mass is 35.5.